The molecule has 1 aromatic rings. The summed E-state index contributed by atoms with van der Waals surface area (Å²) in [4.78, 5) is 11.4. The van der Waals surface area contributed by atoms with Crippen LogP contribution in [0.5, 0.6) is 0 Å². The van der Waals surface area contributed by atoms with E-state index in [0.29, 0.717) is 0 Å². The summed E-state index contributed by atoms with van der Waals surface area (Å²) >= 11 is 0. The molecule has 1 N–H and O–H groups in total. The van der Waals surface area contributed by atoms with Crippen LogP contribution in [0.15, 0.2) is 18.2 Å². The second-order valence-electron chi connectivity index (χ2n) is 4.40. The van der Waals surface area contributed by atoms with Crippen LogP contribution in [0.1, 0.15) is 26.3 Å². The third-order valence-electron chi connectivity index (χ3n) is 1.76. The van der Waals surface area contributed by atoms with Crippen molar-refractivity contribution in [1.29, 1.82) is 5.26 Å². The molecule has 0 aliphatic carbocycles. The van der Waals surface area contributed by atoms with Gasteiger partial charge in [0.25, 0.3) is 0 Å². The van der Waals surface area contributed by atoms with Crippen molar-refractivity contribution in [2.24, 2.45) is 0 Å². The Kier molecular flexibility index (Phi) is 3.69. The molecule has 0 aliphatic rings. The monoisotopic (exact) mass is 236 g/mol. The van der Waals surface area contributed by atoms with Gasteiger partial charge >= 0.3 is 6.09 Å². The molecule has 0 unspecified atom stereocenters. The van der Waals surface area contributed by atoms with Gasteiger partial charge in [-0.15, -0.1) is 0 Å². The number of rotatable bonds is 1. The number of carbonyl (C=O) groups is 1. The number of amides is 1. The highest BCUT2D eigenvalue weighted by atomic mass is 19.1. The topological polar surface area (TPSA) is 62.1 Å². The molecule has 0 saturated heterocycles. The average molecular weight is 236 g/mol. The van der Waals surface area contributed by atoms with E-state index in [1.165, 1.54) is 12.1 Å². The second-order valence-corrected chi connectivity index (χ2v) is 4.40. The van der Waals surface area contributed by atoms with Gasteiger partial charge in [0.05, 0.1) is 11.3 Å². The summed E-state index contributed by atoms with van der Waals surface area (Å²) in [6.45, 7) is 5.08. The third kappa shape index (κ3) is 3.76. The van der Waals surface area contributed by atoms with Crippen LogP contribution >= 0.6 is 0 Å². The van der Waals surface area contributed by atoms with Crippen molar-refractivity contribution >= 4 is 11.8 Å². The zero-order valence-electron chi connectivity index (χ0n) is 9.87. The van der Waals surface area contributed by atoms with E-state index in [9.17, 15) is 9.18 Å². The van der Waals surface area contributed by atoms with E-state index < -0.39 is 17.5 Å². The van der Waals surface area contributed by atoms with E-state index in [-0.39, 0.29) is 11.3 Å². The number of carbonyl (C=O) groups excluding carboxylic acids is 1. The molecule has 0 aromatic heterocycles. The summed E-state index contributed by atoms with van der Waals surface area (Å²) in [6.07, 6.45) is -0.792. The minimum atomic E-state index is -0.792. The normalized spacial score (nSPS) is 10.5. The number of benzene rings is 1. The van der Waals surface area contributed by atoms with E-state index in [0.717, 1.165) is 6.07 Å². The highest BCUT2D eigenvalue weighted by molar-refractivity contribution is 5.87. The minimum absolute atomic E-state index is 0.0517. The number of para-hydroxylation sites is 1. The van der Waals surface area contributed by atoms with Crippen LogP contribution < -0.4 is 5.32 Å². The molecule has 0 atom stereocenters. The lowest BCUT2D eigenvalue weighted by molar-refractivity contribution is 0.0635. The number of ether oxygens (including phenoxy) is 1. The summed E-state index contributed by atoms with van der Waals surface area (Å²) in [6, 6.07) is 5.76. The highest BCUT2D eigenvalue weighted by Crippen LogP contribution is 2.20. The maximum absolute atomic E-state index is 13.4. The Bertz CT molecular complexity index is 472. The van der Waals surface area contributed by atoms with Crippen molar-refractivity contribution in [1.82, 2.24) is 0 Å². The number of anilines is 1. The Morgan fingerprint density at radius 2 is 2.12 bits per heavy atom. The van der Waals surface area contributed by atoms with Crippen LogP contribution in [0.3, 0.4) is 0 Å². The summed E-state index contributed by atoms with van der Waals surface area (Å²) in [5.41, 5.74) is -0.789. The zero-order chi connectivity index (χ0) is 13.1. The number of halogens is 1. The number of nitriles is 1. The van der Waals surface area contributed by atoms with Crippen LogP contribution in [-0.4, -0.2) is 11.7 Å². The highest BCUT2D eigenvalue weighted by Gasteiger charge is 2.18. The molecule has 0 saturated carbocycles. The first-order valence-corrected chi connectivity index (χ1v) is 5.02. The van der Waals surface area contributed by atoms with Gasteiger partial charge in [-0.05, 0) is 32.9 Å². The SMILES string of the molecule is CC(C)(C)OC(=O)Nc1c(F)cccc1C#N. The van der Waals surface area contributed by atoms with Gasteiger partial charge in [0.2, 0.25) is 0 Å². The fourth-order valence-electron chi connectivity index (χ4n) is 1.15. The van der Waals surface area contributed by atoms with Crippen molar-refractivity contribution < 1.29 is 13.9 Å². The van der Waals surface area contributed by atoms with Gasteiger partial charge in [-0.3, -0.25) is 5.32 Å². The van der Waals surface area contributed by atoms with Crippen molar-refractivity contribution in [2.75, 3.05) is 5.32 Å². The first-order chi connectivity index (χ1) is 7.83. The Labute approximate surface area is 99.0 Å². The number of hydrogen-bond acceptors (Lipinski definition) is 3. The Morgan fingerprint density at radius 3 is 2.65 bits per heavy atom. The predicted octanol–water partition coefficient (Wildman–Crippen LogP) is 3.04. The lowest BCUT2D eigenvalue weighted by atomic mass is 10.2. The predicted molar refractivity (Wildman–Crippen MR) is 61.0 cm³/mol. The molecule has 0 fully saturated rings. The molecular formula is C12H13FN2O2. The standard InChI is InChI=1S/C12H13FN2O2/c1-12(2,3)17-11(16)15-10-8(7-14)5-4-6-9(10)13/h4-6H,1-3H3,(H,15,16). The number of hydrogen-bond donors (Lipinski definition) is 1. The van der Waals surface area contributed by atoms with Gasteiger partial charge in [0.15, 0.2) is 0 Å². The molecule has 0 heterocycles. The molecule has 1 aromatic carbocycles. The minimum Gasteiger partial charge on any atom is -0.444 e. The van der Waals surface area contributed by atoms with E-state index in [2.05, 4.69) is 5.32 Å². The molecule has 17 heavy (non-hydrogen) atoms. The fourth-order valence-corrected chi connectivity index (χ4v) is 1.15. The van der Waals surface area contributed by atoms with E-state index in [1.807, 2.05) is 0 Å². The number of nitrogens with one attached hydrogen (secondary N) is 1. The van der Waals surface area contributed by atoms with Gasteiger partial charge < -0.3 is 4.74 Å². The van der Waals surface area contributed by atoms with Gasteiger partial charge in [0, 0.05) is 0 Å². The van der Waals surface area contributed by atoms with Crippen molar-refractivity contribution in [2.45, 2.75) is 26.4 Å². The van der Waals surface area contributed by atoms with Crippen LogP contribution in [0.2, 0.25) is 0 Å². The lowest BCUT2D eigenvalue weighted by Gasteiger charge is -2.20. The molecular weight excluding hydrogens is 223 g/mol. The third-order valence-corrected chi connectivity index (χ3v) is 1.76. The molecule has 1 amide bonds. The van der Waals surface area contributed by atoms with Crippen LogP contribution in [-0.2, 0) is 4.74 Å². The maximum atomic E-state index is 13.4. The molecule has 0 radical (unpaired) electrons. The summed E-state index contributed by atoms with van der Waals surface area (Å²) in [5.74, 6) is -0.671. The molecule has 1 rings (SSSR count). The van der Waals surface area contributed by atoms with Crippen molar-refractivity contribution in [3.8, 4) is 6.07 Å². The van der Waals surface area contributed by atoms with Gasteiger partial charge in [0.1, 0.15) is 17.5 Å². The summed E-state index contributed by atoms with van der Waals surface area (Å²) < 4.78 is 18.4. The van der Waals surface area contributed by atoms with Crippen LogP contribution in [0.25, 0.3) is 0 Å². The quantitative estimate of drug-likeness (QED) is 0.815. The Balaban J connectivity index is 2.89. The van der Waals surface area contributed by atoms with E-state index in [1.54, 1.807) is 26.8 Å². The zero-order valence-corrected chi connectivity index (χ0v) is 9.87. The van der Waals surface area contributed by atoms with Gasteiger partial charge in [-0.1, -0.05) is 6.07 Å². The van der Waals surface area contributed by atoms with Crippen LogP contribution in [0, 0.1) is 17.1 Å². The Hall–Kier alpha value is -2.09. The maximum Gasteiger partial charge on any atom is 0.412 e. The first kappa shape index (κ1) is 13.0. The first-order valence-electron chi connectivity index (χ1n) is 5.02. The second kappa shape index (κ2) is 4.83. The Morgan fingerprint density at radius 1 is 1.47 bits per heavy atom. The van der Waals surface area contributed by atoms with E-state index in [4.69, 9.17) is 10.00 Å². The fraction of sp³-hybridized carbons (Fsp3) is 0.333. The van der Waals surface area contributed by atoms with Crippen molar-refractivity contribution in [3.63, 3.8) is 0 Å². The summed E-state index contributed by atoms with van der Waals surface area (Å²) in [7, 11) is 0. The van der Waals surface area contributed by atoms with Gasteiger partial charge in [-0.25, -0.2) is 9.18 Å². The number of nitrogens with zero attached hydrogens (tertiary/aromatic N) is 1. The summed E-state index contributed by atoms with van der Waals surface area (Å²) in [5, 5.41) is 11.0. The largest absolute Gasteiger partial charge is 0.444 e. The lowest BCUT2D eigenvalue weighted by Crippen LogP contribution is -2.27. The average Bonchev–Trinajstić information content (AvgIpc) is 2.18. The van der Waals surface area contributed by atoms with Crippen LogP contribution in [0.4, 0.5) is 14.9 Å². The molecule has 0 bridgehead atoms. The smallest absolute Gasteiger partial charge is 0.412 e. The molecule has 4 nitrogen and oxygen atoms in total. The molecule has 0 aliphatic heterocycles. The van der Waals surface area contributed by atoms with Gasteiger partial charge in [-0.2, -0.15) is 5.26 Å². The van der Waals surface area contributed by atoms with Crippen molar-refractivity contribution in [3.05, 3.63) is 29.6 Å². The molecule has 0 spiro atoms. The molecule has 90 valence electrons. The molecule has 5 heteroatoms. The van der Waals surface area contributed by atoms with E-state index >= 15 is 0 Å².